The Bertz CT molecular complexity index is 923. The first-order chi connectivity index (χ1) is 11.1. The van der Waals surface area contributed by atoms with Gasteiger partial charge in [-0.1, -0.05) is 23.2 Å². The van der Waals surface area contributed by atoms with Crippen LogP contribution in [0.15, 0.2) is 56.5 Å². The highest BCUT2D eigenvalue weighted by molar-refractivity contribution is 7.07. The fraction of sp³-hybridized carbons (Fsp3) is 0.125. The zero-order valence-electron chi connectivity index (χ0n) is 12.5. The average molecular weight is 366 g/mol. The molecular formula is C16H13Cl2N3OS. The van der Waals surface area contributed by atoms with E-state index >= 15 is 0 Å². The Morgan fingerprint density at radius 3 is 2.78 bits per heavy atom. The van der Waals surface area contributed by atoms with Crippen LogP contribution in [-0.4, -0.2) is 17.4 Å². The number of nitrogens with zero attached hydrogens (tertiary/aromatic N) is 3. The van der Waals surface area contributed by atoms with Crippen molar-refractivity contribution in [1.29, 1.82) is 0 Å². The molecule has 0 fully saturated rings. The summed E-state index contributed by atoms with van der Waals surface area (Å²) < 4.78 is 7.14. The lowest BCUT2D eigenvalue weighted by Crippen LogP contribution is -2.13. The van der Waals surface area contributed by atoms with Crippen molar-refractivity contribution in [3.05, 3.63) is 62.6 Å². The summed E-state index contributed by atoms with van der Waals surface area (Å²) in [6, 6.07) is 9.03. The van der Waals surface area contributed by atoms with Gasteiger partial charge in [0.25, 0.3) is 0 Å². The first kappa shape index (κ1) is 16.1. The van der Waals surface area contributed by atoms with Crippen molar-refractivity contribution in [1.82, 2.24) is 4.68 Å². The molecule has 0 aliphatic carbocycles. The van der Waals surface area contributed by atoms with E-state index in [1.165, 1.54) is 11.3 Å². The van der Waals surface area contributed by atoms with Crippen LogP contribution in [0.1, 0.15) is 12.7 Å². The van der Waals surface area contributed by atoms with E-state index in [0.29, 0.717) is 15.8 Å². The molecule has 3 rings (SSSR count). The number of furan rings is 1. The number of aromatic nitrogens is 1. The van der Waals surface area contributed by atoms with Crippen molar-refractivity contribution in [2.24, 2.45) is 10.1 Å². The average Bonchev–Trinajstić information content (AvgIpc) is 3.19. The van der Waals surface area contributed by atoms with Crippen LogP contribution in [0.25, 0.3) is 11.3 Å². The summed E-state index contributed by atoms with van der Waals surface area (Å²) in [5, 5.41) is 7.81. The molecule has 0 bridgehead atoms. The second-order valence-electron chi connectivity index (χ2n) is 4.73. The molecule has 3 aromatic rings. The van der Waals surface area contributed by atoms with E-state index in [2.05, 4.69) is 10.1 Å². The molecule has 0 atom stereocenters. The van der Waals surface area contributed by atoms with E-state index in [1.54, 1.807) is 30.1 Å². The Hall–Kier alpha value is -1.82. The van der Waals surface area contributed by atoms with E-state index in [9.17, 15) is 0 Å². The lowest BCUT2D eigenvalue weighted by atomic mass is 10.2. The third-order valence-corrected chi connectivity index (χ3v) is 4.68. The monoisotopic (exact) mass is 365 g/mol. The minimum absolute atomic E-state index is 0.606. The van der Waals surface area contributed by atoms with Crippen molar-refractivity contribution in [3.8, 4) is 11.3 Å². The van der Waals surface area contributed by atoms with Gasteiger partial charge in [-0.3, -0.25) is 4.99 Å². The first-order valence-electron chi connectivity index (χ1n) is 6.78. The van der Waals surface area contributed by atoms with Crippen LogP contribution in [-0.2, 0) is 0 Å². The summed E-state index contributed by atoms with van der Waals surface area (Å²) in [6.45, 7) is 1.88. The molecule has 0 spiro atoms. The Morgan fingerprint density at radius 1 is 1.26 bits per heavy atom. The van der Waals surface area contributed by atoms with Crippen LogP contribution >= 0.6 is 34.5 Å². The van der Waals surface area contributed by atoms with Gasteiger partial charge in [-0.2, -0.15) is 5.10 Å². The molecule has 7 heteroatoms. The predicted molar refractivity (Wildman–Crippen MR) is 95.6 cm³/mol. The molecule has 1 aromatic carbocycles. The van der Waals surface area contributed by atoms with Gasteiger partial charge in [0.2, 0.25) is 4.80 Å². The summed E-state index contributed by atoms with van der Waals surface area (Å²) in [5.74, 6) is 0.703. The lowest BCUT2D eigenvalue weighted by Gasteiger charge is -2.07. The Balaban J connectivity index is 2.19. The van der Waals surface area contributed by atoms with E-state index in [0.717, 1.165) is 21.8 Å². The molecule has 0 amide bonds. The SMILES string of the molecule is CN=c1scc(-c2cc(Cl)ccc2Cl)n1N=C(C)c1ccco1. The van der Waals surface area contributed by atoms with Gasteiger partial charge in [0, 0.05) is 23.0 Å². The molecule has 0 aliphatic heterocycles. The topological polar surface area (TPSA) is 42.8 Å². The Kier molecular flexibility index (Phi) is 4.71. The summed E-state index contributed by atoms with van der Waals surface area (Å²) in [4.78, 5) is 5.02. The maximum absolute atomic E-state index is 6.33. The summed E-state index contributed by atoms with van der Waals surface area (Å²) in [7, 11) is 1.73. The molecule has 4 nitrogen and oxygen atoms in total. The third-order valence-electron chi connectivity index (χ3n) is 3.21. The maximum Gasteiger partial charge on any atom is 0.205 e. The number of benzene rings is 1. The highest BCUT2D eigenvalue weighted by atomic mass is 35.5. The zero-order chi connectivity index (χ0) is 16.4. The molecule has 0 radical (unpaired) electrons. The van der Waals surface area contributed by atoms with Gasteiger partial charge < -0.3 is 4.42 Å². The molecular weight excluding hydrogens is 353 g/mol. The van der Waals surface area contributed by atoms with E-state index < -0.39 is 0 Å². The van der Waals surface area contributed by atoms with Crippen LogP contribution in [0.5, 0.6) is 0 Å². The van der Waals surface area contributed by atoms with Crippen LogP contribution in [0.4, 0.5) is 0 Å². The Labute approximate surface area is 147 Å². The van der Waals surface area contributed by atoms with E-state index in [4.69, 9.17) is 27.6 Å². The fourth-order valence-electron chi connectivity index (χ4n) is 2.11. The van der Waals surface area contributed by atoms with Gasteiger partial charge in [0.1, 0.15) is 11.5 Å². The van der Waals surface area contributed by atoms with Crippen LogP contribution in [0.3, 0.4) is 0 Å². The highest BCUT2D eigenvalue weighted by Crippen LogP contribution is 2.31. The number of thiazole rings is 1. The van der Waals surface area contributed by atoms with Crippen molar-refractivity contribution in [2.45, 2.75) is 6.92 Å². The lowest BCUT2D eigenvalue weighted by molar-refractivity contribution is 0.556. The summed E-state index contributed by atoms with van der Waals surface area (Å²) >= 11 is 13.9. The number of halogens is 2. The fourth-order valence-corrected chi connectivity index (χ4v) is 3.29. The van der Waals surface area contributed by atoms with Crippen molar-refractivity contribution >= 4 is 40.3 Å². The van der Waals surface area contributed by atoms with Gasteiger partial charge in [0.05, 0.1) is 17.0 Å². The van der Waals surface area contributed by atoms with E-state index in [1.807, 2.05) is 30.5 Å². The minimum Gasteiger partial charge on any atom is -0.463 e. The van der Waals surface area contributed by atoms with Gasteiger partial charge >= 0.3 is 0 Å². The second kappa shape index (κ2) is 6.74. The Morgan fingerprint density at radius 2 is 2.09 bits per heavy atom. The molecule has 0 saturated carbocycles. The molecule has 0 unspecified atom stereocenters. The number of hydrogen-bond acceptors (Lipinski definition) is 4. The molecule has 0 saturated heterocycles. The van der Waals surface area contributed by atoms with Crippen LogP contribution < -0.4 is 4.80 Å². The smallest absolute Gasteiger partial charge is 0.205 e. The van der Waals surface area contributed by atoms with Crippen LogP contribution in [0, 0.1) is 0 Å². The number of rotatable bonds is 3. The van der Waals surface area contributed by atoms with Crippen molar-refractivity contribution < 1.29 is 4.42 Å². The van der Waals surface area contributed by atoms with Gasteiger partial charge in [-0.25, -0.2) is 4.68 Å². The number of hydrogen-bond donors (Lipinski definition) is 0. The first-order valence-corrected chi connectivity index (χ1v) is 8.42. The van der Waals surface area contributed by atoms with Crippen LogP contribution in [0.2, 0.25) is 10.0 Å². The van der Waals surface area contributed by atoms with Gasteiger partial charge in [-0.05, 0) is 37.3 Å². The summed E-state index contributed by atoms with van der Waals surface area (Å²) in [5.41, 5.74) is 2.37. The quantitative estimate of drug-likeness (QED) is 0.607. The molecule has 0 aliphatic rings. The molecule has 2 aromatic heterocycles. The predicted octanol–water partition coefficient (Wildman–Crippen LogP) is 4.92. The van der Waals surface area contributed by atoms with Crippen molar-refractivity contribution in [3.63, 3.8) is 0 Å². The third kappa shape index (κ3) is 3.27. The van der Waals surface area contributed by atoms with Gasteiger partial charge in [0.15, 0.2) is 0 Å². The zero-order valence-corrected chi connectivity index (χ0v) is 14.8. The molecule has 23 heavy (non-hydrogen) atoms. The normalized spacial score (nSPS) is 12.9. The standard InChI is InChI=1S/C16H13Cl2N3OS/c1-10(15-4-3-7-22-15)20-21-14(9-23-16(21)19-2)12-8-11(17)5-6-13(12)18/h3-9H,1-2H3. The van der Waals surface area contributed by atoms with E-state index in [-0.39, 0.29) is 0 Å². The second-order valence-corrected chi connectivity index (χ2v) is 6.41. The largest absolute Gasteiger partial charge is 0.463 e. The summed E-state index contributed by atoms with van der Waals surface area (Å²) in [6.07, 6.45) is 1.62. The molecule has 118 valence electrons. The molecule has 0 N–H and O–H groups in total. The maximum atomic E-state index is 6.33. The van der Waals surface area contributed by atoms with Gasteiger partial charge in [-0.15, -0.1) is 11.3 Å². The highest BCUT2D eigenvalue weighted by Gasteiger charge is 2.12. The molecule has 2 heterocycles. The van der Waals surface area contributed by atoms with Crippen molar-refractivity contribution in [2.75, 3.05) is 7.05 Å². The minimum atomic E-state index is 0.606.